The number of rotatable bonds is 4. The van der Waals surface area contributed by atoms with Gasteiger partial charge in [0.1, 0.15) is 5.00 Å². The minimum absolute atomic E-state index is 0.109. The van der Waals surface area contributed by atoms with Gasteiger partial charge in [-0.05, 0) is 25.1 Å². The molecule has 0 bridgehead atoms. The van der Waals surface area contributed by atoms with Gasteiger partial charge in [-0.15, -0.1) is 11.3 Å². The average molecular weight is 366 g/mol. The van der Waals surface area contributed by atoms with Crippen LogP contribution in [-0.4, -0.2) is 35.2 Å². The van der Waals surface area contributed by atoms with Crippen molar-refractivity contribution >= 4 is 44.5 Å². The SMILES string of the molecule is CN1CCc2c(sc(NC(=O)c3ccc([N+](=O)[O-])s3)c2C(N)=O)C1. The zero-order valence-electron chi connectivity index (χ0n) is 12.7. The van der Waals surface area contributed by atoms with Crippen LogP contribution < -0.4 is 11.1 Å². The van der Waals surface area contributed by atoms with E-state index in [9.17, 15) is 19.7 Å². The highest BCUT2D eigenvalue weighted by molar-refractivity contribution is 7.18. The van der Waals surface area contributed by atoms with Crippen molar-refractivity contribution in [3.63, 3.8) is 0 Å². The zero-order valence-corrected chi connectivity index (χ0v) is 14.3. The predicted molar refractivity (Wildman–Crippen MR) is 91.8 cm³/mol. The number of thiophene rings is 2. The Morgan fingerprint density at radius 3 is 2.75 bits per heavy atom. The molecule has 0 saturated carbocycles. The topological polar surface area (TPSA) is 119 Å². The Kier molecular flexibility index (Phi) is 4.35. The third kappa shape index (κ3) is 3.03. The van der Waals surface area contributed by atoms with Crippen LogP contribution in [0.15, 0.2) is 12.1 Å². The van der Waals surface area contributed by atoms with Gasteiger partial charge in [-0.1, -0.05) is 11.3 Å². The third-order valence-electron chi connectivity index (χ3n) is 3.72. The standard InChI is InChI=1S/C14H14N4O4S2/c1-17-5-4-7-9(6-17)24-14(11(7)12(15)19)16-13(20)8-2-3-10(23-8)18(21)22/h2-3H,4-6H2,1H3,(H2,15,19)(H,16,20). The fourth-order valence-corrected chi connectivity index (χ4v) is 4.64. The summed E-state index contributed by atoms with van der Waals surface area (Å²) < 4.78 is 0. The van der Waals surface area contributed by atoms with E-state index in [0.29, 0.717) is 23.5 Å². The van der Waals surface area contributed by atoms with Crippen molar-refractivity contribution in [2.75, 3.05) is 18.9 Å². The van der Waals surface area contributed by atoms with Crippen LogP contribution in [0.1, 0.15) is 30.5 Å². The van der Waals surface area contributed by atoms with Gasteiger partial charge < -0.3 is 16.0 Å². The first kappa shape index (κ1) is 16.6. The van der Waals surface area contributed by atoms with E-state index in [4.69, 9.17) is 5.73 Å². The number of likely N-dealkylation sites (N-methyl/N-ethyl adjacent to an activating group) is 1. The van der Waals surface area contributed by atoms with Crippen LogP contribution in [0, 0.1) is 10.1 Å². The Morgan fingerprint density at radius 2 is 2.12 bits per heavy atom. The monoisotopic (exact) mass is 366 g/mol. The van der Waals surface area contributed by atoms with Crippen molar-refractivity contribution in [3.05, 3.63) is 43.1 Å². The Morgan fingerprint density at radius 1 is 1.38 bits per heavy atom. The van der Waals surface area contributed by atoms with Gasteiger partial charge in [0.2, 0.25) is 0 Å². The maximum Gasteiger partial charge on any atom is 0.324 e. The number of nitrogens with one attached hydrogen (secondary N) is 1. The number of nitrogens with two attached hydrogens (primary N) is 1. The van der Waals surface area contributed by atoms with E-state index in [2.05, 4.69) is 10.2 Å². The first-order chi connectivity index (χ1) is 11.4. The van der Waals surface area contributed by atoms with Gasteiger partial charge in [-0.2, -0.15) is 0 Å². The van der Waals surface area contributed by atoms with Crippen LogP contribution in [0.25, 0.3) is 0 Å². The summed E-state index contributed by atoms with van der Waals surface area (Å²) in [5.74, 6) is -1.06. The van der Waals surface area contributed by atoms with Gasteiger partial charge in [-0.25, -0.2) is 0 Å². The number of nitrogens with zero attached hydrogens (tertiary/aromatic N) is 2. The molecule has 24 heavy (non-hydrogen) atoms. The molecule has 1 aliphatic heterocycles. The summed E-state index contributed by atoms with van der Waals surface area (Å²) in [6.45, 7) is 1.51. The van der Waals surface area contributed by atoms with E-state index in [1.54, 1.807) is 0 Å². The Labute approximate surface area is 145 Å². The fourth-order valence-electron chi connectivity index (χ4n) is 2.59. The first-order valence-electron chi connectivity index (χ1n) is 7.05. The molecule has 10 heteroatoms. The largest absolute Gasteiger partial charge is 0.365 e. The van der Waals surface area contributed by atoms with E-state index >= 15 is 0 Å². The van der Waals surface area contributed by atoms with Crippen LogP contribution in [0.3, 0.4) is 0 Å². The molecule has 1 aliphatic rings. The van der Waals surface area contributed by atoms with Crippen LogP contribution in [-0.2, 0) is 13.0 Å². The van der Waals surface area contributed by atoms with Gasteiger partial charge in [0.05, 0.1) is 15.4 Å². The summed E-state index contributed by atoms with van der Waals surface area (Å²) in [5.41, 5.74) is 6.73. The Hall–Kier alpha value is -2.30. The summed E-state index contributed by atoms with van der Waals surface area (Å²) in [6.07, 6.45) is 0.695. The number of fused-ring (bicyclic) bond motifs is 1. The lowest BCUT2D eigenvalue weighted by molar-refractivity contribution is -0.380. The molecule has 3 rings (SSSR count). The van der Waals surface area contributed by atoms with Crippen LogP contribution in [0.5, 0.6) is 0 Å². The van der Waals surface area contributed by atoms with Gasteiger partial charge in [0.25, 0.3) is 11.8 Å². The number of nitro groups is 1. The van der Waals surface area contributed by atoms with Crippen molar-refractivity contribution in [2.24, 2.45) is 5.73 Å². The van der Waals surface area contributed by atoms with Crippen molar-refractivity contribution < 1.29 is 14.5 Å². The third-order valence-corrected chi connectivity index (χ3v) is 5.88. The molecule has 3 heterocycles. The van der Waals surface area contributed by atoms with E-state index in [1.165, 1.54) is 23.5 Å². The number of amides is 2. The summed E-state index contributed by atoms with van der Waals surface area (Å²) in [5, 5.41) is 13.7. The van der Waals surface area contributed by atoms with Gasteiger partial charge in [-0.3, -0.25) is 19.7 Å². The van der Waals surface area contributed by atoms with Gasteiger partial charge in [0, 0.05) is 24.0 Å². The number of hydrogen-bond acceptors (Lipinski definition) is 7. The van der Waals surface area contributed by atoms with E-state index in [-0.39, 0.29) is 9.88 Å². The molecule has 0 saturated heterocycles. The molecule has 2 aromatic heterocycles. The highest BCUT2D eigenvalue weighted by Gasteiger charge is 2.27. The molecular weight excluding hydrogens is 352 g/mol. The molecule has 126 valence electrons. The number of carbonyl (C=O) groups is 2. The molecule has 0 aliphatic carbocycles. The van der Waals surface area contributed by atoms with Crippen molar-refractivity contribution in [1.29, 1.82) is 0 Å². The Bertz CT molecular complexity index is 842. The zero-order chi connectivity index (χ0) is 17.4. The number of carbonyl (C=O) groups excluding carboxylic acids is 2. The number of primary amides is 1. The highest BCUT2D eigenvalue weighted by atomic mass is 32.1. The van der Waals surface area contributed by atoms with Crippen LogP contribution in [0.2, 0.25) is 0 Å². The second-order valence-electron chi connectivity index (χ2n) is 5.41. The minimum atomic E-state index is -0.579. The summed E-state index contributed by atoms with van der Waals surface area (Å²) in [7, 11) is 1.98. The number of anilines is 1. The summed E-state index contributed by atoms with van der Waals surface area (Å²) in [4.78, 5) is 37.7. The second-order valence-corrected chi connectivity index (χ2v) is 7.58. The number of hydrogen-bond donors (Lipinski definition) is 2. The lowest BCUT2D eigenvalue weighted by Crippen LogP contribution is -2.27. The lowest BCUT2D eigenvalue weighted by atomic mass is 10.0. The molecule has 3 N–H and O–H groups in total. The molecule has 0 spiro atoms. The van der Waals surface area contributed by atoms with E-state index in [0.717, 1.165) is 28.3 Å². The molecule has 2 aromatic rings. The summed E-state index contributed by atoms with van der Waals surface area (Å²) in [6, 6.07) is 2.67. The van der Waals surface area contributed by atoms with Crippen molar-refractivity contribution in [3.8, 4) is 0 Å². The fraction of sp³-hybridized carbons (Fsp3) is 0.286. The van der Waals surface area contributed by atoms with Crippen molar-refractivity contribution in [1.82, 2.24) is 4.90 Å². The minimum Gasteiger partial charge on any atom is -0.365 e. The van der Waals surface area contributed by atoms with Gasteiger partial charge in [0.15, 0.2) is 0 Å². The quantitative estimate of drug-likeness (QED) is 0.634. The smallest absolute Gasteiger partial charge is 0.324 e. The van der Waals surface area contributed by atoms with Gasteiger partial charge >= 0.3 is 5.00 Å². The molecule has 0 radical (unpaired) electrons. The first-order valence-corrected chi connectivity index (χ1v) is 8.68. The molecular formula is C14H14N4O4S2. The Balaban J connectivity index is 1.90. The predicted octanol–water partition coefficient (Wildman–Crippen LogP) is 2.06. The normalized spacial score (nSPS) is 14.2. The van der Waals surface area contributed by atoms with E-state index < -0.39 is 16.7 Å². The molecule has 2 amide bonds. The lowest BCUT2D eigenvalue weighted by Gasteiger charge is -2.22. The maximum absolute atomic E-state index is 12.3. The summed E-state index contributed by atoms with van der Waals surface area (Å²) >= 11 is 2.11. The average Bonchev–Trinajstić information content (AvgIpc) is 3.10. The molecule has 0 atom stereocenters. The van der Waals surface area contributed by atoms with Crippen molar-refractivity contribution in [2.45, 2.75) is 13.0 Å². The molecule has 0 aromatic carbocycles. The maximum atomic E-state index is 12.3. The van der Waals surface area contributed by atoms with Crippen LogP contribution in [0.4, 0.5) is 10.0 Å². The molecule has 0 unspecified atom stereocenters. The second kappa shape index (κ2) is 6.30. The molecule has 8 nitrogen and oxygen atoms in total. The van der Waals surface area contributed by atoms with E-state index in [1.807, 2.05) is 7.05 Å². The molecule has 0 fully saturated rings. The highest BCUT2D eigenvalue weighted by Crippen LogP contribution is 2.37. The van der Waals surface area contributed by atoms with Crippen LogP contribution >= 0.6 is 22.7 Å².